The van der Waals surface area contributed by atoms with E-state index in [0.29, 0.717) is 23.2 Å². The maximum Gasteiger partial charge on any atom is 0.165 e. The molecule has 0 bridgehead atoms. The third-order valence-corrected chi connectivity index (χ3v) is 7.60. The monoisotopic (exact) mass is 567 g/mol. The molecule has 44 heavy (non-hydrogen) atoms. The minimum Gasteiger partial charge on any atom is -0.336 e. The summed E-state index contributed by atoms with van der Waals surface area (Å²) in [6, 6.07) is 41.3. The van der Waals surface area contributed by atoms with Crippen LogP contribution in [0.5, 0.6) is 0 Å². The molecule has 0 amide bonds. The Hall–Kier alpha value is -5.94. The number of benzene rings is 5. The summed E-state index contributed by atoms with van der Waals surface area (Å²) in [6.45, 7) is 4.07. The van der Waals surface area contributed by atoms with Crippen LogP contribution < -0.4 is 0 Å². The second-order valence-corrected chi connectivity index (χ2v) is 10.6. The molecule has 5 nitrogen and oxygen atoms in total. The van der Waals surface area contributed by atoms with Gasteiger partial charge in [0.15, 0.2) is 17.5 Å². The van der Waals surface area contributed by atoms with Crippen LogP contribution in [0.2, 0.25) is 0 Å². The Labute approximate surface area is 257 Å². The van der Waals surface area contributed by atoms with Crippen LogP contribution in [0.3, 0.4) is 0 Å². The topological polar surface area (TPSA) is 54.3 Å². The van der Waals surface area contributed by atoms with Gasteiger partial charge in [-0.05, 0) is 34.1 Å². The lowest BCUT2D eigenvalue weighted by molar-refractivity contribution is 0.687. The summed E-state index contributed by atoms with van der Waals surface area (Å²) in [5.41, 5.74) is 6.64. The van der Waals surface area contributed by atoms with Crippen molar-refractivity contribution in [3.8, 4) is 45.3 Å². The Balaban J connectivity index is 1.42. The molecule has 0 aliphatic carbocycles. The first-order valence-electron chi connectivity index (χ1n) is 14.5. The van der Waals surface area contributed by atoms with Gasteiger partial charge in [0.1, 0.15) is 5.84 Å². The average Bonchev–Trinajstić information content (AvgIpc) is 3.08. The highest BCUT2D eigenvalue weighted by molar-refractivity contribution is 6.04. The van der Waals surface area contributed by atoms with E-state index < -0.39 is 0 Å². The minimum atomic E-state index is 0.630. The fraction of sp³-hybridized carbons (Fsp3) is 0.0256. The number of rotatable bonds is 5. The normalized spacial score (nSPS) is 15.7. The van der Waals surface area contributed by atoms with Crippen molar-refractivity contribution in [2.45, 2.75) is 0 Å². The quantitative estimate of drug-likeness (QED) is 0.209. The van der Waals surface area contributed by atoms with Gasteiger partial charge in [0.2, 0.25) is 0 Å². The van der Waals surface area contributed by atoms with Gasteiger partial charge in [-0.2, -0.15) is 0 Å². The van der Waals surface area contributed by atoms with Crippen LogP contribution in [0.15, 0.2) is 163 Å². The predicted molar refractivity (Wildman–Crippen MR) is 181 cm³/mol. The van der Waals surface area contributed by atoms with Crippen LogP contribution in [-0.2, 0) is 0 Å². The van der Waals surface area contributed by atoms with Gasteiger partial charge in [0.05, 0.1) is 5.70 Å². The summed E-state index contributed by atoms with van der Waals surface area (Å²) >= 11 is 0. The molecule has 1 aliphatic heterocycles. The molecule has 210 valence electrons. The van der Waals surface area contributed by atoms with E-state index in [1.807, 2.05) is 97.0 Å². The van der Waals surface area contributed by atoms with E-state index in [1.54, 1.807) is 0 Å². The first kappa shape index (κ1) is 26.9. The largest absolute Gasteiger partial charge is 0.336 e. The number of hydrogen-bond donors (Lipinski definition) is 0. The lowest BCUT2D eigenvalue weighted by Gasteiger charge is -2.19. The van der Waals surface area contributed by atoms with Crippen LogP contribution >= 0.6 is 0 Å². The molecule has 0 N–H and O–H groups in total. The van der Waals surface area contributed by atoms with E-state index in [0.717, 1.165) is 50.0 Å². The number of hydrogen-bond acceptors (Lipinski definition) is 5. The van der Waals surface area contributed by atoms with Crippen molar-refractivity contribution in [2.75, 3.05) is 7.05 Å². The van der Waals surface area contributed by atoms with Crippen LogP contribution in [0.25, 0.3) is 56.1 Å². The predicted octanol–water partition coefficient (Wildman–Crippen LogP) is 8.97. The number of nitrogens with zero attached hydrogens (tertiary/aromatic N) is 5. The van der Waals surface area contributed by atoms with Gasteiger partial charge in [-0.1, -0.05) is 134 Å². The molecule has 1 aromatic heterocycles. The highest BCUT2D eigenvalue weighted by Crippen LogP contribution is 2.38. The van der Waals surface area contributed by atoms with Crippen LogP contribution in [0.1, 0.15) is 5.56 Å². The molecule has 6 aromatic rings. The third kappa shape index (κ3) is 5.35. The lowest BCUT2D eigenvalue weighted by atomic mass is 9.93. The Kier molecular flexibility index (Phi) is 7.19. The Morgan fingerprint density at radius 1 is 0.545 bits per heavy atom. The Bertz CT molecular complexity index is 2020. The van der Waals surface area contributed by atoms with Crippen LogP contribution in [0, 0.1) is 0 Å². The molecule has 7 rings (SSSR count). The maximum atomic E-state index is 5.09. The van der Waals surface area contributed by atoms with E-state index in [9.17, 15) is 0 Å². The highest BCUT2D eigenvalue weighted by atomic mass is 15.1. The molecule has 5 heteroatoms. The molecular formula is C39H29N5. The summed E-state index contributed by atoms with van der Waals surface area (Å²) in [4.78, 5) is 21.9. The minimum absolute atomic E-state index is 0.630. The van der Waals surface area contributed by atoms with E-state index in [2.05, 4.69) is 67.2 Å². The zero-order chi connectivity index (χ0) is 29.9. The highest BCUT2D eigenvalue weighted by Gasteiger charge is 2.19. The fourth-order valence-electron chi connectivity index (χ4n) is 5.41. The summed E-state index contributed by atoms with van der Waals surface area (Å²) < 4.78 is 0. The van der Waals surface area contributed by atoms with Gasteiger partial charge in [-0.15, -0.1) is 0 Å². The van der Waals surface area contributed by atoms with Gasteiger partial charge < -0.3 is 4.90 Å². The molecule has 0 saturated carbocycles. The van der Waals surface area contributed by atoms with Gasteiger partial charge >= 0.3 is 0 Å². The zero-order valence-corrected chi connectivity index (χ0v) is 24.3. The molecule has 0 spiro atoms. The van der Waals surface area contributed by atoms with Crippen molar-refractivity contribution >= 4 is 16.6 Å². The fourth-order valence-corrected chi connectivity index (χ4v) is 5.41. The van der Waals surface area contributed by atoms with Gasteiger partial charge in [0, 0.05) is 35.5 Å². The number of allylic oxidation sites excluding steroid dienone is 3. The molecule has 2 heterocycles. The average molecular weight is 568 g/mol. The van der Waals surface area contributed by atoms with E-state index >= 15 is 0 Å². The molecular weight excluding hydrogens is 538 g/mol. The van der Waals surface area contributed by atoms with Gasteiger partial charge in [0.25, 0.3) is 0 Å². The van der Waals surface area contributed by atoms with E-state index in [4.69, 9.17) is 19.9 Å². The maximum absolute atomic E-state index is 5.09. The number of aliphatic imine (C=N–C) groups is 1. The number of fused-ring (bicyclic) bond motifs is 1. The van der Waals surface area contributed by atoms with Crippen LogP contribution in [0.4, 0.5) is 0 Å². The lowest BCUT2D eigenvalue weighted by Crippen LogP contribution is -2.22. The zero-order valence-electron chi connectivity index (χ0n) is 24.3. The molecule has 0 fully saturated rings. The van der Waals surface area contributed by atoms with Crippen molar-refractivity contribution < 1.29 is 0 Å². The summed E-state index contributed by atoms with van der Waals surface area (Å²) in [5.74, 6) is 2.73. The van der Waals surface area contributed by atoms with E-state index in [-0.39, 0.29) is 0 Å². The van der Waals surface area contributed by atoms with Crippen molar-refractivity contribution in [3.05, 3.63) is 164 Å². The second-order valence-electron chi connectivity index (χ2n) is 10.6. The smallest absolute Gasteiger partial charge is 0.165 e. The molecule has 0 radical (unpaired) electrons. The first-order valence-corrected chi connectivity index (χ1v) is 14.5. The van der Waals surface area contributed by atoms with E-state index in [1.165, 1.54) is 0 Å². The molecule has 5 aromatic carbocycles. The van der Waals surface area contributed by atoms with Crippen molar-refractivity contribution in [3.63, 3.8) is 0 Å². The van der Waals surface area contributed by atoms with Crippen molar-refractivity contribution in [2.24, 2.45) is 4.99 Å². The van der Waals surface area contributed by atoms with Crippen molar-refractivity contribution in [1.82, 2.24) is 19.9 Å². The molecule has 0 unspecified atom stereocenters. The molecule has 0 saturated heterocycles. The summed E-state index contributed by atoms with van der Waals surface area (Å²) in [6.07, 6.45) is 7.82. The van der Waals surface area contributed by atoms with Crippen molar-refractivity contribution in [1.29, 1.82) is 0 Å². The molecule has 0 atom stereocenters. The Morgan fingerprint density at radius 3 is 1.82 bits per heavy atom. The number of aromatic nitrogens is 3. The second kappa shape index (κ2) is 11.7. The number of amidine groups is 1. The first-order chi connectivity index (χ1) is 21.6. The standard InChI is InChI=1S/C39H29N5/c1-27-13-11-12-26-44(2)39(40-27)32-22-20-29(21-23-32)34-25-24-28-14-9-10-19-33(28)35(34)38-42-36(30-15-5-3-6-16-30)41-37(43-38)31-17-7-4-8-18-31/h3-26H,1H2,2H3/b13-11-,26-12-,40-39-. The third-order valence-electron chi connectivity index (χ3n) is 7.60. The Morgan fingerprint density at radius 2 is 1.14 bits per heavy atom. The van der Waals surface area contributed by atoms with Gasteiger partial charge in [-0.3, -0.25) is 0 Å². The van der Waals surface area contributed by atoms with Crippen LogP contribution in [-0.4, -0.2) is 32.7 Å². The molecule has 1 aliphatic rings. The SMILES string of the molecule is C=C1/C=C\C=C/N(C)/C(c2ccc(-c3ccc4ccccc4c3-c3nc(-c4ccccc4)nc(-c4ccccc4)n3)cc2)=N\1. The summed E-state index contributed by atoms with van der Waals surface area (Å²) in [7, 11) is 1.99. The summed E-state index contributed by atoms with van der Waals surface area (Å²) in [5, 5.41) is 2.20. The van der Waals surface area contributed by atoms with Gasteiger partial charge in [-0.25, -0.2) is 19.9 Å².